The van der Waals surface area contributed by atoms with Gasteiger partial charge in [0.05, 0.1) is 5.25 Å². The Hall–Kier alpha value is -0.670. The molecule has 5 unspecified atom stereocenters. The van der Waals surface area contributed by atoms with Gasteiger partial charge in [0.25, 0.3) is 0 Å². The number of hydrogen-bond donors (Lipinski definition) is 1. The zero-order chi connectivity index (χ0) is 12.5. The van der Waals surface area contributed by atoms with Gasteiger partial charge in [-0.25, -0.2) is 0 Å². The van der Waals surface area contributed by atoms with Crippen molar-refractivity contribution >= 4 is 10.8 Å². The molecule has 2 aliphatic rings. The first-order valence-electron chi connectivity index (χ1n) is 6.93. The van der Waals surface area contributed by atoms with Crippen molar-refractivity contribution in [3.63, 3.8) is 0 Å². The first-order valence-corrected chi connectivity index (χ1v) is 8.21. The van der Waals surface area contributed by atoms with Gasteiger partial charge in [-0.05, 0) is 37.7 Å². The van der Waals surface area contributed by atoms with Crippen LogP contribution in [-0.4, -0.2) is 27.3 Å². The van der Waals surface area contributed by atoms with E-state index < -0.39 is 10.8 Å². The maximum Gasteiger partial charge on any atom is 0.0510 e. The molecule has 5 atom stereocenters. The summed E-state index contributed by atoms with van der Waals surface area (Å²) in [6, 6.07) is 11.2. The van der Waals surface area contributed by atoms with Crippen molar-refractivity contribution in [2.45, 2.75) is 48.6 Å². The van der Waals surface area contributed by atoms with E-state index in [0.29, 0.717) is 22.5 Å². The maximum atomic E-state index is 12.4. The standard InChI is InChI=1S/C15H21NOS/c1-11-10-16-14-8-7-13(9-15(14)18(11)17)12-5-3-2-4-6-12/h2-6,11,13-16H,7-10H2,1H3. The summed E-state index contributed by atoms with van der Waals surface area (Å²) in [7, 11) is -0.658. The average molecular weight is 263 g/mol. The molecule has 0 radical (unpaired) electrons. The van der Waals surface area contributed by atoms with Crippen LogP contribution >= 0.6 is 0 Å². The molecule has 1 saturated carbocycles. The molecule has 0 spiro atoms. The fourth-order valence-electron chi connectivity index (χ4n) is 3.35. The molecule has 1 aromatic rings. The molecular formula is C15H21NOS. The topological polar surface area (TPSA) is 29.1 Å². The molecule has 18 heavy (non-hydrogen) atoms. The Morgan fingerprint density at radius 3 is 2.78 bits per heavy atom. The summed E-state index contributed by atoms with van der Waals surface area (Å²) in [6.45, 7) is 3.02. The van der Waals surface area contributed by atoms with Gasteiger partial charge in [-0.3, -0.25) is 4.21 Å². The average Bonchev–Trinajstić information content (AvgIpc) is 2.44. The molecule has 1 aliphatic carbocycles. The van der Waals surface area contributed by atoms with Crippen LogP contribution < -0.4 is 5.32 Å². The van der Waals surface area contributed by atoms with Crippen LogP contribution in [0.25, 0.3) is 0 Å². The van der Waals surface area contributed by atoms with Gasteiger partial charge in [-0.2, -0.15) is 0 Å². The molecule has 98 valence electrons. The molecule has 0 aromatic heterocycles. The Balaban J connectivity index is 1.77. The molecule has 0 bridgehead atoms. The second-order valence-electron chi connectivity index (χ2n) is 5.61. The van der Waals surface area contributed by atoms with Crippen molar-refractivity contribution in [2.75, 3.05) is 6.54 Å². The Labute approximate surface area is 112 Å². The van der Waals surface area contributed by atoms with Crippen molar-refractivity contribution in [1.82, 2.24) is 5.32 Å². The lowest BCUT2D eigenvalue weighted by Gasteiger charge is -2.41. The quantitative estimate of drug-likeness (QED) is 0.843. The lowest BCUT2D eigenvalue weighted by molar-refractivity contribution is 0.336. The van der Waals surface area contributed by atoms with Gasteiger partial charge in [-0.15, -0.1) is 0 Å². The first-order chi connectivity index (χ1) is 8.75. The summed E-state index contributed by atoms with van der Waals surface area (Å²) in [5.74, 6) is 0.600. The predicted molar refractivity (Wildman–Crippen MR) is 76.2 cm³/mol. The molecule has 0 amide bonds. The fraction of sp³-hybridized carbons (Fsp3) is 0.600. The number of nitrogens with one attached hydrogen (secondary N) is 1. The van der Waals surface area contributed by atoms with E-state index in [9.17, 15) is 4.21 Å². The lowest BCUT2D eigenvalue weighted by Crippen LogP contribution is -2.55. The van der Waals surface area contributed by atoms with Crippen LogP contribution in [0.15, 0.2) is 30.3 Å². The van der Waals surface area contributed by atoms with E-state index in [-0.39, 0.29) is 0 Å². The molecule has 1 saturated heterocycles. The van der Waals surface area contributed by atoms with Crippen LogP contribution in [-0.2, 0) is 10.8 Å². The van der Waals surface area contributed by atoms with E-state index in [4.69, 9.17) is 0 Å². The Morgan fingerprint density at radius 1 is 1.22 bits per heavy atom. The molecule has 1 heterocycles. The Kier molecular flexibility index (Phi) is 3.53. The highest BCUT2D eigenvalue weighted by molar-refractivity contribution is 7.86. The van der Waals surface area contributed by atoms with Gasteiger partial charge in [0.1, 0.15) is 0 Å². The van der Waals surface area contributed by atoms with Crippen LogP contribution in [0.2, 0.25) is 0 Å². The van der Waals surface area contributed by atoms with Gasteiger partial charge in [0.15, 0.2) is 0 Å². The van der Waals surface area contributed by atoms with E-state index in [1.165, 1.54) is 18.4 Å². The fourth-order valence-corrected chi connectivity index (χ4v) is 5.18. The minimum atomic E-state index is -0.658. The number of rotatable bonds is 1. The monoisotopic (exact) mass is 263 g/mol. The molecule has 2 fully saturated rings. The molecule has 1 N–H and O–H groups in total. The molecular weight excluding hydrogens is 242 g/mol. The third-order valence-electron chi connectivity index (χ3n) is 4.43. The van der Waals surface area contributed by atoms with Crippen LogP contribution in [0.4, 0.5) is 0 Å². The second-order valence-corrected chi connectivity index (χ2v) is 7.68. The third-order valence-corrected chi connectivity index (χ3v) is 6.50. The largest absolute Gasteiger partial charge is 0.312 e. The number of benzene rings is 1. The summed E-state index contributed by atoms with van der Waals surface area (Å²) >= 11 is 0. The minimum Gasteiger partial charge on any atom is -0.312 e. The van der Waals surface area contributed by atoms with Crippen LogP contribution in [0.5, 0.6) is 0 Å². The van der Waals surface area contributed by atoms with E-state index in [2.05, 4.69) is 42.6 Å². The van der Waals surface area contributed by atoms with Gasteiger partial charge >= 0.3 is 0 Å². The van der Waals surface area contributed by atoms with Gasteiger partial charge in [0, 0.05) is 28.6 Å². The summed E-state index contributed by atoms with van der Waals surface area (Å²) in [6.07, 6.45) is 3.48. The van der Waals surface area contributed by atoms with Crippen molar-refractivity contribution in [3.05, 3.63) is 35.9 Å². The molecule has 3 rings (SSSR count). The molecule has 1 aromatic carbocycles. The SMILES string of the molecule is CC1CNC2CCC(c3ccccc3)CC2S1=O. The lowest BCUT2D eigenvalue weighted by atomic mass is 9.81. The summed E-state index contributed by atoms with van der Waals surface area (Å²) in [5, 5.41) is 4.24. The highest BCUT2D eigenvalue weighted by Gasteiger charge is 2.39. The van der Waals surface area contributed by atoms with Gasteiger partial charge in [0.2, 0.25) is 0 Å². The first kappa shape index (κ1) is 12.4. The highest BCUT2D eigenvalue weighted by atomic mass is 32.2. The van der Waals surface area contributed by atoms with Crippen molar-refractivity contribution in [1.29, 1.82) is 0 Å². The van der Waals surface area contributed by atoms with E-state index in [1.807, 2.05) is 0 Å². The Bertz CT molecular complexity index is 433. The summed E-state index contributed by atoms with van der Waals surface area (Å²) < 4.78 is 12.4. The van der Waals surface area contributed by atoms with Crippen LogP contribution in [0.1, 0.15) is 37.7 Å². The van der Waals surface area contributed by atoms with E-state index in [0.717, 1.165) is 13.0 Å². The molecule has 2 nitrogen and oxygen atoms in total. The number of hydrogen-bond acceptors (Lipinski definition) is 2. The van der Waals surface area contributed by atoms with Gasteiger partial charge in [-0.1, -0.05) is 30.3 Å². The van der Waals surface area contributed by atoms with E-state index in [1.54, 1.807) is 0 Å². The summed E-state index contributed by atoms with van der Waals surface area (Å²) in [5.41, 5.74) is 1.42. The van der Waals surface area contributed by atoms with Crippen molar-refractivity contribution in [3.8, 4) is 0 Å². The zero-order valence-corrected chi connectivity index (χ0v) is 11.7. The number of fused-ring (bicyclic) bond motifs is 1. The maximum absolute atomic E-state index is 12.4. The van der Waals surface area contributed by atoms with Crippen LogP contribution in [0, 0.1) is 0 Å². The minimum absolute atomic E-state index is 0.306. The second kappa shape index (κ2) is 5.14. The van der Waals surface area contributed by atoms with Gasteiger partial charge < -0.3 is 5.32 Å². The summed E-state index contributed by atoms with van der Waals surface area (Å²) in [4.78, 5) is 0. The molecule has 1 aliphatic heterocycles. The van der Waals surface area contributed by atoms with Crippen molar-refractivity contribution in [2.24, 2.45) is 0 Å². The smallest absolute Gasteiger partial charge is 0.0510 e. The Morgan fingerprint density at radius 2 is 2.00 bits per heavy atom. The predicted octanol–water partition coefficient (Wildman–Crippen LogP) is 2.43. The molecule has 3 heteroatoms. The third kappa shape index (κ3) is 2.26. The van der Waals surface area contributed by atoms with E-state index >= 15 is 0 Å². The highest BCUT2D eigenvalue weighted by Crippen LogP contribution is 2.37. The van der Waals surface area contributed by atoms with Crippen molar-refractivity contribution < 1.29 is 4.21 Å². The zero-order valence-electron chi connectivity index (χ0n) is 10.8. The van der Waals surface area contributed by atoms with Crippen LogP contribution in [0.3, 0.4) is 0 Å². The normalized spacial score (nSPS) is 40.2.